The summed E-state index contributed by atoms with van der Waals surface area (Å²) in [5.41, 5.74) is 0.659. The number of aliphatic hydroxyl groups is 1. The zero-order chi connectivity index (χ0) is 16.7. The molecule has 0 aromatic heterocycles. The average molecular weight is 331 g/mol. The highest BCUT2D eigenvalue weighted by Crippen LogP contribution is 2.69. The van der Waals surface area contributed by atoms with E-state index in [4.69, 9.17) is 14.2 Å². The Hall–Kier alpha value is -1.76. The normalized spacial score (nSPS) is 41.5. The fraction of sp³-hybridized carbons (Fsp3) is 0.556. The standard InChI is InChI=1S/C18H21NO5/c1-22-11-4-3-10-12-9-17-16(7-8-19-17,14(10)15(11)20)6-5-13(23-2)18(17,21)24-12/h3-5,12,19-21H,6-9H2,1-2H3. The number of methoxy groups -OCH3 is 2. The summed E-state index contributed by atoms with van der Waals surface area (Å²) in [4.78, 5) is 0. The lowest BCUT2D eigenvalue weighted by atomic mass is 9.53. The van der Waals surface area contributed by atoms with Crippen molar-refractivity contribution < 1.29 is 24.4 Å². The lowest BCUT2D eigenvalue weighted by Crippen LogP contribution is -2.69. The monoisotopic (exact) mass is 331 g/mol. The van der Waals surface area contributed by atoms with E-state index in [-0.39, 0.29) is 11.9 Å². The summed E-state index contributed by atoms with van der Waals surface area (Å²) < 4.78 is 17.0. The van der Waals surface area contributed by atoms with Crippen molar-refractivity contribution >= 4 is 0 Å². The van der Waals surface area contributed by atoms with Crippen molar-refractivity contribution in [2.24, 2.45) is 0 Å². The molecule has 2 aliphatic heterocycles. The van der Waals surface area contributed by atoms with Gasteiger partial charge in [-0.3, -0.25) is 0 Å². The molecule has 4 unspecified atom stereocenters. The van der Waals surface area contributed by atoms with Gasteiger partial charge in [-0.1, -0.05) is 6.07 Å². The Bertz CT molecular complexity index is 777. The van der Waals surface area contributed by atoms with Crippen LogP contribution >= 0.6 is 0 Å². The molecule has 24 heavy (non-hydrogen) atoms. The summed E-state index contributed by atoms with van der Waals surface area (Å²) >= 11 is 0. The molecule has 6 nitrogen and oxygen atoms in total. The fourth-order valence-electron chi connectivity index (χ4n) is 5.66. The summed E-state index contributed by atoms with van der Waals surface area (Å²) in [5.74, 6) is -0.458. The Morgan fingerprint density at radius 3 is 2.88 bits per heavy atom. The van der Waals surface area contributed by atoms with Crippen molar-refractivity contribution in [1.29, 1.82) is 0 Å². The Labute approximate surface area is 140 Å². The van der Waals surface area contributed by atoms with E-state index in [9.17, 15) is 10.2 Å². The lowest BCUT2D eigenvalue weighted by molar-refractivity contribution is -0.225. The summed E-state index contributed by atoms with van der Waals surface area (Å²) in [7, 11) is 3.11. The molecule has 0 amide bonds. The van der Waals surface area contributed by atoms with Crippen LogP contribution in [0, 0.1) is 0 Å². The molecule has 2 aliphatic carbocycles. The third-order valence-electron chi connectivity index (χ3n) is 6.59. The minimum Gasteiger partial charge on any atom is -0.504 e. The zero-order valence-electron chi connectivity index (χ0n) is 13.8. The van der Waals surface area contributed by atoms with Gasteiger partial charge in [-0.05, 0) is 37.1 Å². The largest absolute Gasteiger partial charge is 0.504 e. The first-order chi connectivity index (χ1) is 11.5. The van der Waals surface area contributed by atoms with E-state index in [0.29, 0.717) is 24.4 Å². The van der Waals surface area contributed by atoms with Gasteiger partial charge in [-0.15, -0.1) is 0 Å². The van der Waals surface area contributed by atoms with E-state index < -0.39 is 16.7 Å². The molecule has 5 rings (SSSR count). The first-order valence-electron chi connectivity index (χ1n) is 8.33. The highest BCUT2D eigenvalue weighted by molar-refractivity contribution is 5.61. The van der Waals surface area contributed by atoms with Gasteiger partial charge in [0.2, 0.25) is 5.79 Å². The second-order valence-electron chi connectivity index (χ2n) is 7.18. The van der Waals surface area contributed by atoms with Crippen molar-refractivity contribution in [3.63, 3.8) is 0 Å². The molecule has 4 atom stereocenters. The number of rotatable bonds is 2. The SMILES string of the molecule is COC1=CCC23CCNC24CC(OC14O)c1ccc(OC)c(O)c13. The van der Waals surface area contributed by atoms with Crippen LogP contribution in [0.4, 0.5) is 0 Å². The third-order valence-corrected chi connectivity index (χ3v) is 6.59. The van der Waals surface area contributed by atoms with Gasteiger partial charge in [-0.25, -0.2) is 0 Å². The second-order valence-corrected chi connectivity index (χ2v) is 7.18. The molecule has 2 bridgehead atoms. The molecule has 1 aromatic carbocycles. The maximum Gasteiger partial charge on any atom is 0.245 e. The molecule has 2 saturated heterocycles. The van der Waals surface area contributed by atoms with Crippen LogP contribution < -0.4 is 10.1 Å². The van der Waals surface area contributed by atoms with E-state index in [1.165, 1.54) is 0 Å². The smallest absolute Gasteiger partial charge is 0.245 e. The van der Waals surface area contributed by atoms with Crippen LogP contribution in [-0.4, -0.2) is 42.3 Å². The predicted molar refractivity (Wildman–Crippen MR) is 84.8 cm³/mol. The van der Waals surface area contributed by atoms with Gasteiger partial charge in [0, 0.05) is 17.4 Å². The first kappa shape index (κ1) is 14.6. The van der Waals surface area contributed by atoms with Crippen molar-refractivity contribution in [1.82, 2.24) is 5.32 Å². The molecule has 1 spiro atoms. The molecule has 0 radical (unpaired) electrons. The number of hydrogen-bond donors (Lipinski definition) is 3. The number of allylic oxidation sites excluding steroid dienone is 1. The summed E-state index contributed by atoms with van der Waals surface area (Å²) in [6, 6.07) is 3.71. The number of aromatic hydroxyl groups is 1. The van der Waals surface area contributed by atoms with E-state index in [1.54, 1.807) is 20.3 Å². The van der Waals surface area contributed by atoms with Crippen molar-refractivity contribution in [3.8, 4) is 11.5 Å². The fourth-order valence-corrected chi connectivity index (χ4v) is 5.66. The number of phenols is 1. The number of benzene rings is 1. The number of ether oxygens (including phenoxy) is 3. The van der Waals surface area contributed by atoms with Crippen LogP contribution in [0.25, 0.3) is 0 Å². The first-order valence-corrected chi connectivity index (χ1v) is 8.33. The van der Waals surface area contributed by atoms with Gasteiger partial charge < -0.3 is 29.7 Å². The molecule has 2 heterocycles. The average Bonchev–Trinajstić information content (AvgIpc) is 3.10. The van der Waals surface area contributed by atoms with Gasteiger partial charge in [0.25, 0.3) is 0 Å². The summed E-state index contributed by atoms with van der Waals surface area (Å²) in [6.45, 7) is 0.749. The minimum absolute atomic E-state index is 0.162. The van der Waals surface area contributed by atoms with Crippen LogP contribution in [0.2, 0.25) is 0 Å². The lowest BCUT2D eigenvalue weighted by Gasteiger charge is -2.53. The van der Waals surface area contributed by atoms with Gasteiger partial charge in [0.15, 0.2) is 17.3 Å². The number of nitrogens with one attached hydrogen (secondary N) is 1. The Kier molecular flexibility index (Phi) is 2.58. The number of hydrogen-bond acceptors (Lipinski definition) is 6. The van der Waals surface area contributed by atoms with Gasteiger partial charge in [0.1, 0.15) is 0 Å². The van der Waals surface area contributed by atoms with Crippen molar-refractivity contribution in [2.45, 2.75) is 42.1 Å². The molecule has 3 N–H and O–H groups in total. The van der Waals surface area contributed by atoms with E-state index >= 15 is 0 Å². The molecular weight excluding hydrogens is 310 g/mol. The van der Waals surface area contributed by atoms with Crippen LogP contribution in [0.15, 0.2) is 24.0 Å². The molecule has 128 valence electrons. The molecular formula is C18H21NO5. The summed E-state index contributed by atoms with van der Waals surface area (Å²) in [6.07, 6.45) is 3.75. The highest BCUT2D eigenvalue weighted by Gasteiger charge is 2.77. The molecule has 4 aliphatic rings. The zero-order valence-corrected chi connectivity index (χ0v) is 13.8. The van der Waals surface area contributed by atoms with Crippen molar-refractivity contribution in [3.05, 3.63) is 35.1 Å². The van der Waals surface area contributed by atoms with E-state index in [1.807, 2.05) is 12.1 Å². The molecule has 2 fully saturated rings. The topological polar surface area (TPSA) is 80.2 Å². The van der Waals surface area contributed by atoms with Crippen LogP contribution in [0.3, 0.4) is 0 Å². The Morgan fingerprint density at radius 2 is 2.12 bits per heavy atom. The van der Waals surface area contributed by atoms with Crippen LogP contribution in [0.1, 0.15) is 36.5 Å². The molecule has 1 aromatic rings. The van der Waals surface area contributed by atoms with E-state index in [2.05, 4.69) is 5.32 Å². The predicted octanol–water partition coefficient (Wildman–Crippen LogP) is 1.47. The maximum absolute atomic E-state index is 11.5. The highest BCUT2D eigenvalue weighted by atomic mass is 16.7. The van der Waals surface area contributed by atoms with Gasteiger partial charge in [-0.2, -0.15) is 0 Å². The van der Waals surface area contributed by atoms with E-state index in [0.717, 1.165) is 24.1 Å². The number of fused-ring (bicyclic) bond motifs is 3. The molecule has 6 heteroatoms. The third kappa shape index (κ3) is 1.26. The quantitative estimate of drug-likeness (QED) is 0.761. The Morgan fingerprint density at radius 1 is 1.29 bits per heavy atom. The summed E-state index contributed by atoms with van der Waals surface area (Å²) in [5, 5.41) is 25.9. The van der Waals surface area contributed by atoms with Crippen LogP contribution in [0.5, 0.6) is 11.5 Å². The van der Waals surface area contributed by atoms with Crippen LogP contribution in [-0.2, 0) is 14.9 Å². The number of phenolic OH excluding ortho intramolecular Hbond substituents is 1. The maximum atomic E-state index is 11.5. The minimum atomic E-state index is -1.53. The second kappa shape index (κ2) is 4.25. The van der Waals surface area contributed by atoms with Gasteiger partial charge in [0.05, 0.1) is 25.9 Å². The van der Waals surface area contributed by atoms with Gasteiger partial charge >= 0.3 is 0 Å². The molecule has 0 saturated carbocycles. The Balaban J connectivity index is 1.86. The van der Waals surface area contributed by atoms with Crippen molar-refractivity contribution in [2.75, 3.05) is 20.8 Å².